The highest BCUT2D eigenvalue weighted by atomic mass is 32.2. The van der Waals surface area contributed by atoms with Gasteiger partial charge in [0.15, 0.2) is 0 Å². The number of H-pyrrole nitrogens is 1. The molecule has 3 N–H and O–H groups in total. The molecule has 0 saturated heterocycles. The standard InChI is InChI=1S/C10H14N2O4S/c13-7-10(2-3-10)6-12-17(15,16)9-5-11-4-1-8(9)14/h1,4-5,12-13H,2-3,6-7H2,(H,11,14). The van der Waals surface area contributed by atoms with Crippen LogP contribution in [0.5, 0.6) is 0 Å². The number of aliphatic hydroxyl groups is 1. The molecule has 0 aromatic carbocycles. The zero-order chi connectivity index (χ0) is 12.5. The SMILES string of the molecule is O=c1cc[nH]cc1S(=O)(=O)NCC1(CO)CC1. The molecule has 1 aliphatic rings. The average Bonchev–Trinajstić information content (AvgIpc) is 3.08. The summed E-state index contributed by atoms with van der Waals surface area (Å²) in [6, 6.07) is 1.16. The maximum Gasteiger partial charge on any atom is 0.245 e. The molecule has 1 fully saturated rings. The second kappa shape index (κ2) is 4.25. The van der Waals surface area contributed by atoms with Gasteiger partial charge in [0.25, 0.3) is 0 Å². The molecule has 7 heteroatoms. The van der Waals surface area contributed by atoms with E-state index in [-0.39, 0.29) is 23.5 Å². The molecule has 0 aliphatic heterocycles. The van der Waals surface area contributed by atoms with E-state index in [1.165, 1.54) is 6.20 Å². The average molecular weight is 258 g/mol. The summed E-state index contributed by atoms with van der Waals surface area (Å²) in [6.07, 6.45) is 4.13. The molecule has 1 heterocycles. The summed E-state index contributed by atoms with van der Waals surface area (Å²) in [7, 11) is -3.80. The van der Waals surface area contributed by atoms with Crippen LogP contribution < -0.4 is 10.2 Å². The lowest BCUT2D eigenvalue weighted by Crippen LogP contribution is -2.34. The lowest BCUT2D eigenvalue weighted by Gasteiger charge is -2.12. The van der Waals surface area contributed by atoms with Crippen molar-refractivity contribution < 1.29 is 13.5 Å². The summed E-state index contributed by atoms with van der Waals surface area (Å²) in [5.74, 6) is 0. The van der Waals surface area contributed by atoms with Crippen molar-refractivity contribution in [2.75, 3.05) is 13.2 Å². The third kappa shape index (κ3) is 2.56. The highest BCUT2D eigenvalue weighted by molar-refractivity contribution is 7.89. The molecule has 94 valence electrons. The van der Waals surface area contributed by atoms with Crippen molar-refractivity contribution in [2.24, 2.45) is 5.41 Å². The number of aromatic amines is 1. The summed E-state index contributed by atoms with van der Waals surface area (Å²) in [5.41, 5.74) is -0.876. The first-order valence-electron chi connectivity index (χ1n) is 5.27. The van der Waals surface area contributed by atoms with Gasteiger partial charge < -0.3 is 10.1 Å². The lowest BCUT2D eigenvalue weighted by atomic mass is 10.1. The zero-order valence-electron chi connectivity index (χ0n) is 9.14. The summed E-state index contributed by atoms with van der Waals surface area (Å²) < 4.78 is 26.0. The molecule has 1 aromatic rings. The lowest BCUT2D eigenvalue weighted by molar-refractivity contribution is 0.213. The van der Waals surface area contributed by atoms with E-state index in [9.17, 15) is 13.2 Å². The van der Waals surface area contributed by atoms with E-state index in [2.05, 4.69) is 9.71 Å². The van der Waals surface area contributed by atoms with E-state index in [0.29, 0.717) is 0 Å². The summed E-state index contributed by atoms with van der Waals surface area (Å²) >= 11 is 0. The third-order valence-corrected chi connectivity index (χ3v) is 4.43. The molecule has 17 heavy (non-hydrogen) atoms. The normalized spacial score (nSPS) is 17.9. The van der Waals surface area contributed by atoms with Gasteiger partial charge in [-0.2, -0.15) is 0 Å². The number of hydrogen-bond acceptors (Lipinski definition) is 4. The van der Waals surface area contributed by atoms with Gasteiger partial charge in [0.1, 0.15) is 4.90 Å². The van der Waals surface area contributed by atoms with Gasteiger partial charge in [-0.05, 0) is 12.8 Å². The van der Waals surface area contributed by atoms with Crippen LogP contribution in [0.2, 0.25) is 0 Å². The number of nitrogens with one attached hydrogen (secondary N) is 2. The van der Waals surface area contributed by atoms with E-state index in [1.54, 1.807) is 0 Å². The van der Waals surface area contributed by atoms with Crippen molar-refractivity contribution in [1.82, 2.24) is 9.71 Å². The third-order valence-electron chi connectivity index (χ3n) is 3.01. The highest BCUT2D eigenvalue weighted by Gasteiger charge is 2.42. The number of rotatable bonds is 5. The smallest absolute Gasteiger partial charge is 0.245 e. The molecule has 0 atom stereocenters. The summed E-state index contributed by atoms with van der Waals surface area (Å²) in [6.45, 7) is 0.126. The highest BCUT2D eigenvalue weighted by Crippen LogP contribution is 2.44. The number of aliphatic hydroxyl groups excluding tert-OH is 1. The molecule has 1 saturated carbocycles. The Labute approximate surface area is 98.7 Å². The minimum atomic E-state index is -3.80. The maximum atomic E-state index is 11.8. The number of aromatic nitrogens is 1. The Hall–Kier alpha value is -1.18. The van der Waals surface area contributed by atoms with Crippen molar-refractivity contribution in [3.05, 3.63) is 28.7 Å². The molecule has 0 unspecified atom stereocenters. The minimum Gasteiger partial charge on any atom is -0.396 e. The van der Waals surface area contributed by atoms with Gasteiger partial charge in [-0.15, -0.1) is 0 Å². The van der Waals surface area contributed by atoms with Crippen LogP contribution in [0.25, 0.3) is 0 Å². The Balaban J connectivity index is 2.15. The van der Waals surface area contributed by atoms with Crippen molar-refractivity contribution in [2.45, 2.75) is 17.7 Å². The Kier molecular flexibility index (Phi) is 3.07. The molecular weight excluding hydrogens is 244 g/mol. The van der Waals surface area contributed by atoms with Gasteiger partial charge in [0.2, 0.25) is 15.5 Å². The van der Waals surface area contributed by atoms with Crippen LogP contribution in [0.15, 0.2) is 28.2 Å². The number of pyridine rings is 1. The zero-order valence-corrected chi connectivity index (χ0v) is 9.96. The van der Waals surface area contributed by atoms with Crippen LogP contribution in [0.1, 0.15) is 12.8 Å². The van der Waals surface area contributed by atoms with Gasteiger partial charge in [0.05, 0.1) is 0 Å². The molecule has 1 aliphatic carbocycles. The van der Waals surface area contributed by atoms with Crippen molar-refractivity contribution in [3.8, 4) is 0 Å². The fourth-order valence-electron chi connectivity index (χ4n) is 1.50. The second-order valence-electron chi connectivity index (χ2n) is 4.36. The summed E-state index contributed by atoms with van der Waals surface area (Å²) in [4.78, 5) is 13.7. The van der Waals surface area contributed by atoms with E-state index in [1.807, 2.05) is 0 Å². The van der Waals surface area contributed by atoms with E-state index in [0.717, 1.165) is 25.1 Å². The predicted molar refractivity (Wildman–Crippen MR) is 61.0 cm³/mol. The predicted octanol–water partition coefficient (Wildman–Crippen LogP) is -0.574. The molecular formula is C10H14N2O4S. The van der Waals surface area contributed by atoms with Crippen molar-refractivity contribution in [1.29, 1.82) is 0 Å². The Morgan fingerprint density at radius 3 is 2.71 bits per heavy atom. The van der Waals surface area contributed by atoms with Crippen LogP contribution in [-0.4, -0.2) is 31.7 Å². The largest absolute Gasteiger partial charge is 0.396 e. The minimum absolute atomic E-state index is 0.0410. The molecule has 0 spiro atoms. The fraction of sp³-hybridized carbons (Fsp3) is 0.500. The Bertz CT molecular complexity index is 560. The van der Waals surface area contributed by atoms with E-state index in [4.69, 9.17) is 5.11 Å². The van der Waals surface area contributed by atoms with Crippen LogP contribution in [0.3, 0.4) is 0 Å². The van der Waals surface area contributed by atoms with Gasteiger partial charge in [-0.1, -0.05) is 0 Å². The molecule has 2 rings (SSSR count). The summed E-state index contributed by atoms with van der Waals surface area (Å²) in [5, 5.41) is 9.08. The van der Waals surface area contributed by atoms with E-state index >= 15 is 0 Å². The monoisotopic (exact) mass is 258 g/mol. The van der Waals surface area contributed by atoms with Crippen LogP contribution in [0, 0.1) is 5.41 Å². The van der Waals surface area contributed by atoms with Gasteiger partial charge in [-0.3, -0.25) is 4.79 Å². The van der Waals surface area contributed by atoms with Crippen molar-refractivity contribution >= 4 is 10.0 Å². The molecule has 6 nitrogen and oxygen atoms in total. The number of hydrogen-bond donors (Lipinski definition) is 3. The first kappa shape index (κ1) is 12.3. The second-order valence-corrected chi connectivity index (χ2v) is 6.09. The molecule has 0 amide bonds. The molecule has 0 bridgehead atoms. The maximum absolute atomic E-state index is 11.8. The molecule has 1 aromatic heterocycles. The van der Waals surface area contributed by atoms with Gasteiger partial charge in [-0.25, -0.2) is 13.1 Å². The number of sulfonamides is 1. The Morgan fingerprint density at radius 2 is 2.18 bits per heavy atom. The van der Waals surface area contributed by atoms with Gasteiger partial charge >= 0.3 is 0 Å². The van der Waals surface area contributed by atoms with E-state index < -0.39 is 15.5 Å². The van der Waals surface area contributed by atoms with Crippen LogP contribution in [0.4, 0.5) is 0 Å². The van der Waals surface area contributed by atoms with Crippen LogP contribution in [-0.2, 0) is 10.0 Å². The van der Waals surface area contributed by atoms with Crippen LogP contribution >= 0.6 is 0 Å². The van der Waals surface area contributed by atoms with Gasteiger partial charge in [0, 0.05) is 37.0 Å². The fourth-order valence-corrected chi connectivity index (χ4v) is 2.71. The Morgan fingerprint density at radius 1 is 1.47 bits per heavy atom. The van der Waals surface area contributed by atoms with Crippen molar-refractivity contribution in [3.63, 3.8) is 0 Å². The first-order chi connectivity index (χ1) is 7.99. The topological polar surface area (TPSA) is 99.3 Å². The molecule has 0 radical (unpaired) electrons. The quantitative estimate of drug-likeness (QED) is 0.658. The first-order valence-corrected chi connectivity index (χ1v) is 6.75.